The minimum Gasteiger partial charge on any atom is -0.339 e. The first-order chi connectivity index (χ1) is 8.61. The number of nitrogens with one attached hydrogen (secondary N) is 1. The molecule has 0 unspecified atom stereocenters. The highest BCUT2D eigenvalue weighted by atomic mass is 79.9. The fourth-order valence-corrected chi connectivity index (χ4v) is 5.06. The lowest BCUT2D eigenvalue weighted by atomic mass is 9.96. The topological polar surface area (TPSA) is 32.3 Å². The number of hydrogen-bond acceptors (Lipinski definition) is 3. The summed E-state index contributed by atoms with van der Waals surface area (Å²) >= 11 is 8.41. The zero-order chi connectivity index (χ0) is 13.1. The molecule has 1 aromatic heterocycles. The third-order valence-corrected chi connectivity index (χ3v) is 5.62. The SMILES string of the molecule is CNCC1CCN(C(=O)c2cc(Br)sc2Br)CC1.Cl. The molecule has 1 saturated heterocycles. The smallest absolute Gasteiger partial charge is 0.255 e. The van der Waals surface area contributed by atoms with Crippen LogP contribution in [0.25, 0.3) is 0 Å². The van der Waals surface area contributed by atoms with Gasteiger partial charge in [0.25, 0.3) is 5.91 Å². The molecule has 2 rings (SSSR count). The number of amides is 1. The molecule has 3 nitrogen and oxygen atoms in total. The number of rotatable bonds is 3. The van der Waals surface area contributed by atoms with Gasteiger partial charge in [-0.2, -0.15) is 0 Å². The number of nitrogens with zero attached hydrogens (tertiary/aromatic N) is 1. The molecule has 1 amide bonds. The van der Waals surface area contributed by atoms with Crippen molar-refractivity contribution >= 4 is 61.5 Å². The summed E-state index contributed by atoms with van der Waals surface area (Å²) in [4.78, 5) is 14.3. The van der Waals surface area contributed by atoms with Crippen molar-refractivity contribution in [2.24, 2.45) is 5.92 Å². The van der Waals surface area contributed by atoms with E-state index in [1.54, 1.807) is 11.3 Å². The Morgan fingerprint density at radius 3 is 2.58 bits per heavy atom. The summed E-state index contributed by atoms with van der Waals surface area (Å²) < 4.78 is 1.90. The van der Waals surface area contributed by atoms with E-state index in [9.17, 15) is 4.79 Å². The summed E-state index contributed by atoms with van der Waals surface area (Å²) in [6.45, 7) is 2.78. The first-order valence-corrected chi connectivity index (χ1v) is 8.40. The molecule has 1 aliphatic heterocycles. The summed E-state index contributed by atoms with van der Waals surface area (Å²) in [5, 5.41) is 3.21. The zero-order valence-corrected chi connectivity index (χ0v) is 15.4. The minimum absolute atomic E-state index is 0. The predicted molar refractivity (Wildman–Crippen MR) is 89.5 cm³/mol. The Labute approximate surface area is 140 Å². The van der Waals surface area contributed by atoms with E-state index in [1.165, 1.54) is 0 Å². The lowest BCUT2D eigenvalue weighted by molar-refractivity contribution is 0.0690. The number of likely N-dealkylation sites (tertiary alicyclic amines) is 1. The third kappa shape index (κ3) is 4.43. The number of thiophene rings is 1. The maximum atomic E-state index is 12.4. The Bertz CT molecular complexity index is 433. The summed E-state index contributed by atoms with van der Waals surface area (Å²) in [5.74, 6) is 0.850. The van der Waals surface area contributed by atoms with Gasteiger partial charge in [0.2, 0.25) is 0 Å². The molecule has 0 atom stereocenters. The van der Waals surface area contributed by atoms with Crippen molar-refractivity contribution in [3.05, 3.63) is 19.2 Å². The molecule has 0 aromatic carbocycles. The van der Waals surface area contributed by atoms with Crippen molar-refractivity contribution in [1.29, 1.82) is 0 Å². The van der Waals surface area contributed by atoms with Crippen molar-refractivity contribution in [1.82, 2.24) is 10.2 Å². The second-order valence-electron chi connectivity index (χ2n) is 4.53. The Balaban J connectivity index is 0.00000180. The van der Waals surface area contributed by atoms with Crippen LogP contribution in [0.15, 0.2) is 13.6 Å². The van der Waals surface area contributed by atoms with Crippen molar-refractivity contribution in [3.8, 4) is 0 Å². The predicted octanol–water partition coefficient (Wildman–Crippen LogP) is 3.77. The van der Waals surface area contributed by atoms with Crippen molar-refractivity contribution in [2.75, 3.05) is 26.7 Å². The van der Waals surface area contributed by atoms with E-state index in [0.717, 1.165) is 45.6 Å². The molecule has 0 radical (unpaired) electrons. The largest absolute Gasteiger partial charge is 0.339 e. The van der Waals surface area contributed by atoms with Gasteiger partial charge in [0, 0.05) is 13.1 Å². The van der Waals surface area contributed by atoms with E-state index in [-0.39, 0.29) is 18.3 Å². The van der Waals surface area contributed by atoms with Crippen LogP contribution in [0.4, 0.5) is 0 Å². The number of carbonyl (C=O) groups is 1. The molecular formula is C12H17Br2ClN2OS. The van der Waals surface area contributed by atoms with E-state index in [1.807, 2.05) is 18.0 Å². The normalized spacial score (nSPS) is 16.3. The average molecular weight is 433 g/mol. The number of halogens is 3. The van der Waals surface area contributed by atoms with Crippen LogP contribution in [0.5, 0.6) is 0 Å². The van der Waals surface area contributed by atoms with Crippen molar-refractivity contribution < 1.29 is 4.79 Å². The summed E-state index contributed by atoms with van der Waals surface area (Å²) in [6.07, 6.45) is 2.19. The second-order valence-corrected chi connectivity index (χ2v) is 8.28. The fourth-order valence-electron chi connectivity index (χ4n) is 2.29. The molecule has 1 fully saturated rings. The maximum Gasteiger partial charge on any atom is 0.255 e. The Morgan fingerprint density at radius 2 is 2.11 bits per heavy atom. The number of piperidine rings is 1. The number of carbonyl (C=O) groups excluding carboxylic acids is 1. The summed E-state index contributed by atoms with van der Waals surface area (Å²) in [6, 6.07) is 1.90. The maximum absolute atomic E-state index is 12.4. The standard InChI is InChI=1S/C12H16Br2N2OS.ClH/c1-15-7-8-2-4-16(5-3-8)12(17)9-6-10(13)18-11(9)14;/h6,8,15H,2-5,7H2,1H3;1H. The third-order valence-electron chi connectivity index (χ3n) is 3.28. The summed E-state index contributed by atoms with van der Waals surface area (Å²) in [7, 11) is 1.98. The van der Waals surface area contributed by atoms with E-state index >= 15 is 0 Å². The molecule has 0 spiro atoms. The molecule has 1 aromatic rings. The molecule has 7 heteroatoms. The van der Waals surface area contributed by atoms with Crippen LogP contribution in [0, 0.1) is 5.92 Å². The van der Waals surface area contributed by atoms with Gasteiger partial charge >= 0.3 is 0 Å². The molecule has 108 valence electrons. The fraction of sp³-hybridized carbons (Fsp3) is 0.583. The Hall–Kier alpha value is 0.380. The summed E-state index contributed by atoms with van der Waals surface area (Å²) in [5.41, 5.74) is 0.777. The van der Waals surface area contributed by atoms with Gasteiger partial charge in [-0.15, -0.1) is 23.7 Å². The molecule has 0 saturated carbocycles. The Kier molecular flexibility index (Phi) is 7.32. The van der Waals surface area contributed by atoms with Crippen molar-refractivity contribution in [2.45, 2.75) is 12.8 Å². The van der Waals surface area contributed by atoms with Crippen molar-refractivity contribution in [3.63, 3.8) is 0 Å². The van der Waals surface area contributed by atoms with Crippen LogP contribution >= 0.6 is 55.6 Å². The highest BCUT2D eigenvalue weighted by Gasteiger charge is 2.25. The molecule has 0 aliphatic carbocycles. The van der Waals surface area contributed by atoms with E-state index in [4.69, 9.17) is 0 Å². The monoisotopic (exact) mass is 430 g/mol. The minimum atomic E-state index is 0. The quantitative estimate of drug-likeness (QED) is 0.789. The van der Waals surface area contributed by atoms with Gasteiger partial charge in [0.15, 0.2) is 0 Å². The van der Waals surface area contributed by atoms with Crippen LogP contribution in [-0.4, -0.2) is 37.5 Å². The van der Waals surface area contributed by atoms with Crippen LogP contribution < -0.4 is 5.32 Å². The van der Waals surface area contributed by atoms with Gasteiger partial charge < -0.3 is 10.2 Å². The van der Waals surface area contributed by atoms with Crippen LogP contribution in [0.2, 0.25) is 0 Å². The first kappa shape index (κ1) is 17.4. The van der Waals surface area contributed by atoms with Gasteiger partial charge in [-0.05, 0) is 70.3 Å². The van der Waals surface area contributed by atoms with Crippen LogP contribution in [0.1, 0.15) is 23.2 Å². The van der Waals surface area contributed by atoms with Gasteiger partial charge in [-0.25, -0.2) is 0 Å². The lowest BCUT2D eigenvalue weighted by Crippen LogP contribution is -2.40. The Morgan fingerprint density at radius 1 is 1.47 bits per heavy atom. The van der Waals surface area contributed by atoms with Gasteiger partial charge in [0.1, 0.15) is 0 Å². The van der Waals surface area contributed by atoms with E-state index in [0.29, 0.717) is 5.92 Å². The average Bonchev–Trinajstić information content (AvgIpc) is 2.69. The highest BCUT2D eigenvalue weighted by Crippen LogP contribution is 2.33. The first-order valence-electron chi connectivity index (χ1n) is 6.00. The van der Waals surface area contributed by atoms with Gasteiger partial charge in [-0.3, -0.25) is 4.79 Å². The second kappa shape index (κ2) is 7.98. The van der Waals surface area contributed by atoms with E-state index in [2.05, 4.69) is 37.2 Å². The molecule has 0 bridgehead atoms. The van der Waals surface area contributed by atoms with Crippen LogP contribution in [-0.2, 0) is 0 Å². The zero-order valence-electron chi connectivity index (χ0n) is 10.6. The number of hydrogen-bond donors (Lipinski definition) is 1. The highest BCUT2D eigenvalue weighted by molar-refractivity contribution is 9.12. The molecular weight excluding hydrogens is 415 g/mol. The molecule has 19 heavy (non-hydrogen) atoms. The molecule has 1 aliphatic rings. The van der Waals surface area contributed by atoms with Gasteiger partial charge in [-0.1, -0.05) is 0 Å². The molecule has 2 heterocycles. The molecule has 1 N–H and O–H groups in total. The lowest BCUT2D eigenvalue weighted by Gasteiger charge is -2.31. The van der Waals surface area contributed by atoms with Gasteiger partial charge in [0.05, 0.1) is 13.1 Å². The van der Waals surface area contributed by atoms with Crippen LogP contribution in [0.3, 0.4) is 0 Å². The van der Waals surface area contributed by atoms with E-state index < -0.39 is 0 Å².